The van der Waals surface area contributed by atoms with E-state index in [2.05, 4.69) is 10.6 Å². The second-order valence-electron chi connectivity index (χ2n) is 5.09. The fourth-order valence-electron chi connectivity index (χ4n) is 2.71. The third-order valence-electron chi connectivity index (χ3n) is 3.80. The average molecular weight is 276 g/mol. The molecule has 0 bridgehead atoms. The molecule has 1 aromatic carbocycles. The summed E-state index contributed by atoms with van der Waals surface area (Å²) in [6.45, 7) is 2.02. The van der Waals surface area contributed by atoms with Crippen LogP contribution in [0, 0.1) is 5.92 Å². The smallest absolute Gasteiger partial charge is 0.319 e. The van der Waals surface area contributed by atoms with Gasteiger partial charge in [-0.1, -0.05) is 31.5 Å². The zero-order valence-corrected chi connectivity index (χ0v) is 11.6. The quantitative estimate of drug-likeness (QED) is 0.791. The lowest BCUT2D eigenvalue weighted by molar-refractivity contribution is -0.142. The number of carbonyl (C=O) groups excluding carboxylic acids is 1. The summed E-state index contributed by atoms with van der Waals surface area (Å²) in [7, 11) is 0. The Morgan fingerprint density at radius 3 is 2.75 bits per heavy atom. The molecule has 5 nitrogen and oxygen atoms in total. The first-order valence-corrected chi connectivity index (χ1v) is 7.00. The van der Waals surface area contributed by atoms with Gasteiger partial charge >= 0.3 is 12.0 Å². The largest absolute Gasteiger partial charge is 0.481 e. The van der Waals surface area contributed by atoms with E-state index >= 15 is 0 Å². The van der Waals surface area contributed by atoms with Gasteiger partial charge in [0.2, 0.25) is 0 Å². The SMILES string of the molecule is CCc1ccccc1NC(=O)NC1CCCC1C(=O)O. The fraction of sp³-hybridized carbons (Fsp3) is 0.467. The summed E-state index contributed by atoms with van der Waals surface area (Å²) in [5.41, 5.74) is 1.83. The van der Waals surface area contributed by atoms with E-state index in [9.17, 15) is 9.59 Å². The number of nitrogens with one attached hydrogen (secondary N) is 2. The van der Waals surface area contributed by atoms with Crippen molar-refractivity contribution < 1.29 is 14.7 Å². The van der Waals surface area contributed by atoms with Crippen LogP contribution in [0.1, 0.15) is 31.7 Å². The Bertz CT molecular complexity index is 502. The maximum absolute atomic E-state index is 12.0. The second kappa shape index (κ2) is 6.41. The monoisotopic (exact) mass is 276 g/mol. The molecule has 3 N–H and O–H groups in total. The molecule has 2 atom stereocenters. The molecule has 1 aromatic rings. The first-order chi connectivity index (χ1) is 9.61. The van der Waals surface area contributed by atoms with E-state index in [1.165, 1.54) is 0 Å². The van der Waals surface area contributed by atoms with Gasteiger partial charge in [0.15, 0.2) is 0 Å². The van der Waals surface area contributed by atoms with Crippen LogP contribution in [0.3, 0.4) is 0 Å². The maximum Gasteiger partial charge on any atom is 0.319 e. The van der Waals surface area contributed by atoms with Crippen LogP contribution in [-0.4, -0.2) is 23.1 Å². The summed E-state index contributed by atoms with van der Waals surface area (Å²) in [4.78, 5) is 23.1. The van der Waals surface area contributed by atoms with E-state index in [1.54, 1.807) is 0 Å². The topological polar surface area (TPSA) is 78.4 Å². The maximum atomic E-state index is 12.0. The van der Waals surface area contributed by atoms with Crippen LogP contribution in [0.2, 0.25) is 0 Å². The summed E-state index contributed by atoms with van der Waals surface area (Å²) < 4.78 is 0. The number of amides is 2. The molecule has 2 unspecified atom stereocenters. The minimum absolute atomic E-state index is 0.277. The van der Waals surface area contributed by atoms with Crippen molar-refractivity contribution in [2.45, 2.75) is 38.6 Å². The van der Waals surface area contributed by atoms with Crippen molar-refractivity contribution in [3.05, 3.63) is 29.8 Å². The van der Waals surface area contributed by atoms with Gasteiger partial charge in [-0.2, -0.15) is 0 Å². The van der Waals surface area contributed by atoms with Crippen molar-refractivity contribution in [2.24, 2.45) is 5.92 Å². The number of para-hydroxylation sites is 1. The number of hydrogen-bond donors (Lipinski definition) is 3. The molecule has 2 amide bonds. The van der Waals surface area contributed by atoms with E-state index in [0.717, 1.165) is 30.5 Å². The van der Waals surface area contributed by atoms with Gasteiger partial charge in [0.25, 0.3) is 0 Å². The van der Waals surface area contributed by atoms with Crippen molar-refractivity contribution in [1.29, 1.82) is 0 Å². The van der Waals surface area contributed by atoms with Crippen LogP contribution in [-0.2, 0) is 11.2 Å². The van der Waals surface area contributed by atoms with Gasteiger partial charge in [-0.3, -0.25) is 4.79 Å². The summed E-state index contributed by atoms with van der Waals surface area (Å²) in [5, 5.41) is 14.7. The molecule has 1 aliphatic rings. The first-order valence-electron chi connectivity index (χ1n) is 7.00. The van der Waals surface area contributed by atoms with Crippen molar-refractivity contribution in [3.8, 4) is 0 Å². The fourth-order valence-corrected chi connectivity index (χ4v) is 2.71. The molecule has 1 aliphatic carbocycles. The number of benzene rings is 1. The highest BCUT2D eigenvalue weighted by Gasteiger charge is 2.33. The minimum atomic E-state index is -0.832. The molecule has 0 saturated heterocycles. The van der Waals surface area contributed by atoms with Crippen LogP contribution in [0.25, 0.3) is 0 Å². The van der Waals surface area contributed by atoms with Crippen LogP contribution in [0.4, 0.5) is 10.5 Å². The molecule has 5 heteroatoms. The van der Waals surface area contributed by atoms with Crippen molar-refractivity contribution in [1.82, 2.24) is 5.32 Å². The lowest BCUT2D eigenvalue weighted by Crippen LogP contribution is -2.42. The number of aliphatic carboxylic acids is 1. The Labute approximate surface area is 118 Å². The van der Waals surface area contributed by atoms with Crippen molar-refractivity contribution in [2.75, 3.05) is 5.32 Å². The highest BCUT2D eigenvalue weighted by atomic mass is 16.4. The number of carboxylic acid groups (broad SMARTS) is 1. The number of carbonyl (C=O) groups is 2. The molecule has 108 valence electrons. The van der Waals surface area contributed by atoms with Crippen molar-refractivity contribution >= 4 is 17.7 Å². The summed E-state index contributed by atoms with van der Waals surface area (Å²) in [6, 6.07) is 7.00. The van der Waals surface area contributed by atoms with Gasteiger partial charge in [0.1, 0.15) is 0 Å². The molecular formula is C15H20N2O3. The molecular weight excluding hydrogens is 256 g/mol. The number of hydrogen-bond acceptors (Lipinski definition) is 2. The molecule has 0 heterocycles. The van der Waals surface area contributed by atoms with Gasteiger partial charge in [-0.15, -0.1) is 0 Å². The number of urea groups is 1. The van der Waals surface area contributed by atoms with E-state index in [4.69, 9.17) is 5.11 Å². The Morgan fingerprint density at radius 2 is 2.05 bits per heavy atom. The Morgan fingerprint density at radius 1 is 1.30 bits per heavy atom. The summed E-state index contributed by atoms with van der Waals surface area (Å²) in [6.07, 6.45) is 3.02. The van der Waals surface area contributed by atoms with Crippen LogP contribution in [0.5, 0.6) is 0 Å². The summed E-state index contributed by atoms with van der Waals surface area (Å²) >= 11 is 0. The Balaban J connectivity index is 1.97. The number of aryl methyl sites for hydroxylation is 1. The Hall–Kier alpha value is -2.04. The van der Waals surface area contributed by atoms with Crippen molar-refractivity contribution in [3.63, 3.8) is 0 Å². The van der Waals surface area contributed by atoms with Gasteiger partial charge in [0, 0.05) is 11.7 Å². The number of anilines is 1. The molecule has 0 aliphatic heterocycles. The van der Waals surface area contributed by atoms with Crippen LogP contribution >= 0.6 is 0 Å². The minimum Gasteiger partial charge on any atom is -0.481 e. The van der Waals surface area contributed by atoms with E-state index in [1.807, 2.05) is 31.2 Å². The summed E-state index contributed by atoms with van der Waals surface area (Å²) in [5.74, 6) is -1.30. The predicted octanol–water partition coefficient (Wildman–Crippen LogP) is 2.62. The highest BCUT2D eigenvalue weighted by molar-refractivity contribution is 5.90. The highest BCUT2D eigenvalue weighted by Crippen LogP contribution is 2.26. The average Bonchev–Trinajstić information content (AvgIpc) is 2.87. The van der Waals surface area contributed by atoms with Crippen LogP contribution in [0.15, 0.2) is 24.3 Å². The molecule has 1 saturated carbocycles. The van der Waals surface area contributed by atoms with Crippen LogP contribution < -0.4 is 10.6 Å². The van der Waals surface area contributed by atoms with E-state index in [0.29, 0.717) is 6.42 Å². The molecule has 20 heavy (non-hydrogen) atoms. The lowest BCUT2D eigenvalue weighted by atomic mass is 10.0. The molecule has 1 fully saturated rings. The zero-order chi connectivity index (χ0) is 14.5. The van der Waals surface area contributed by atoms with Gasteiger partial charge < -0.3 is 15.7 Å². The van der Waals surface area contributed by atoms with Gasteiger partial charge in [-0.05, 0) is 30.9 Å². The number of carboxylic acids is 1. The molecule has 0 spiro atoms. The molecule has 0 aromatic heterocycles. The standard InChI is InChI=1S/C15H20N2O3/c1-2-10-6-3-4-8-12(10)16-15(20)17-13-9-5-7-11(13)14(18)19/h3-4,6,8,11,13H,2,5,7,9H2,1H3,(H,18,19)(H2,16,17,20). The van der Waals surface area contributed by atoms with Gasteiger partial charge in [0.05, 0.1) is 5.92 Å². The molecule has 0 radical (unpaired) electrons. The van der Waals surface area contributed by atoms with E-state index < -0.39 is 11.9 Å². The lowest BCUT2D eigenvalue weighted by Gasteiger charge is -2.18. The predicted molar refractivity (Wildman–Crippen MR) is 76.7 cm³/mol. The third-order valence-corrected chi connectivity index (χ3v) is 3.80. The van der Waals surface area contributed by atoms with Gasteiger partial charge in [-0.25, -0.2) is 4.79 Å². The zero-order valence-electron chi connectivity index (χ0n) is 11.6. The molecule has 2 rings (SSSR count). The normalized spacial score (nSPS) is 21.4. The third kappa shape index (κ3) is 3.29. The second-order valence-corrected chi connectivity index (χ2v) is 5.09. The first kappa shape index (κ1) is 14.4. The number of rotatable bonds is 4. The Kier molecular flexibility index (Phi) is 4.61. The van der Waals surface area contributed by atoms with E-state index in [-0.39, 0.29) is 12.1 Å².